The van der Waals surface area contributed by atoms with Gasteiger partial charge in [-0.3, -0.25) is 4.79 Å². The first-order chi connectivity index (χ1) is 14.8. The van der Waals surface area contributed by atoms with Crippen LogP contribution >= 0.6 is 11.3 Å². The SMILES string of the molecule is O=C(Nc1ccccc1N1CCOCC1)c1cc(-c2cccs2)nc2ccccc12. The van der Waals surface area contributed by atoms with Crippen LogP contribution in [0.1, 0.15) is 10.4 Å². The Morgan fingerprint density at radius 1 is 1.00 bits per heavy atom. The van der Waals surface area contributed by atoms with E-state index in [-0.39, 0.29) is 5.91 Å². The number of carbonyl (C=O) groups is 1. The zero-order valence-corrected chi connectivity index (χ0v) is 17.2. The van der Waals surface area contributed by atoms with Gasteiger partial charge in [-0.05, 0) is 35.7 Å². The standard InChI is InChI=1S/C24H21N3O2S/c28-24(26-20-8-3-4-9-22(20)27-11-13-29-14-12-27)18-16-21(23-10-5-15-30-23)25-19-7-2-1-6-17(18)19/h1-10,15-16H,11-14H2,(H,26,28). The molecule has 0 aliphatic carbocycles. The Morgan fingerprint density at radius 3 is 2.63 bits per heavy atom. The number of thiophene rings is 1. The highest BCUT2D eigenvalue weighted by Gasteiger charge is 2.18. The first-order valence-corrected chi connectivity index (χ1v) is 10.8. The second-order valence-electron chi connectivity index (χ2n) is 7.12. The number of carbonyl (C=O) groups excluding carboxylic acids is 1. The van der Waals surface area contributed by atoms with Crippen LogP contribution < -0.4 is 10.2 Å². The van der Waals surface area contributed by atoms with Gasteiger partial charge < -0.3 is 15.0 Å². The molecule has 1 amide bonds. The van der Waals surface area contributed by atoms with Crippen LogP contribution in [0.2, 0.25) is 0 Å². The van der Waals surface area contributed by atoms with Gasteiger partial charge in [0.05, 0.1) is 46.2 Å². The molecule has 0 unspecified atom stereocenters. The molecule has 2 aromatic heterocycles. The number of ether oxygens (including phenoxy) is 1. The van der Waals surface area contributed by atoms with Crippen LogP contribution in [0.3, 0.4) is 0 Å². The largest absolute Gasteiger partial charge is 0.378 e. The maximum Gasteiger partial charge on any atom is 0.256 e. The highest BCUT2D eigenvalue weighted by Crippen LogP contribution is 2.30. The van der Waals surface area contributed by atoms with Crippen molar-refractivity contribution in [3.63, 3.8) is 0 Å². The molecule has 0 radical (unpaired) electrons. The first kappa shape index (κ1) is 18.8. The topological polar surface area (TPSA) is 54.5 Å². The van der Waals surface area contributed by atoms with Gasteiger partial charge in [0, 0.05) is 18.5 Å². The summed E-state index contributed by atoms with van der Waals surface area (Å²) in [6.45, 7) is 3.02. The Morgan fingerprint density at radius 2 is 1.80 bits per heavy atom. The lowest BCUT2D eigenvalue weighted by Gasteiger charge is -2.30. The molecule has 6 heteroatoms. The number of nitrogens with zero attached hydrogens (tertiary/aromatic N) is 2. The smallest absolute Gasteiger partial charge is 0.256 e. The van der Waals surface area contributed by atoms with Gasteiger partial charge in [-0.25, -0.2) is 4.98 Å². The summed E-state index contributed by atoms with van der Waals surface area (Å²) in [5.41, 5.74) is 4.08. The van der Waals surface area contributed by atoms with Crippen molar-refractivity contribution in [3.05, 3.63) is 77.7 Å². The number of nitrogens with one attached hydrogen (secondary N) is 1. The summed E-state index contributed by atoms with van der Waals surface area (Å²) >= 11 is 1.62. The van der Waals surface area contributed by atoms with Gasteiger partial charge >= 0.3 is 0 Å². The molecule has 1 fully saturated rings. The van der Waals surface area contributed by atoms with E-state index >= 15 is 0 Å². The second kappa shape index (κ2) is 8.26. The molecule has 0 spiro atoms. The molecule has 2 aromatic carbocycles. The lowest BCUT2D eigenvalue weighted by molar-refractivity contribution is 0.102. The highest BCUT2D eigenvalue weighted by molar-refractivity contribution is 7.13. The number of anilines is 2. The molecule has 0 atom stereocenters. The van der Waals surface area contributed by atoms with E-state index in [9.17, 15) is 4.79 Å². The van der Waals surface area contributed by atoms with Crippen LogP contribution in [-0.4, -0.2) is 37.2 Å². The van der Waals surface area contributed by atoms with Crippen molar-refractivity contribution in [2.24, 2.45) is 0 Å². The van der Waals surface area contributed by atoms with Gasteiger partial charge in [-0.15, -0.1) is 11.3 Å². The van der Waals surface area contributed by atoms with Gasteiger partial charge in [-0.2, -0.15) is 0 Å². The van der Waals surface area contributed by atoms with E-state index in [1.807, 2.05) is 72.1 Å². The molecule has 30 heavy (non-hydrogen) atoms. The monoisotopic (exact) mass is 415 g/mol. The zero-order chi connectivity index (χ0) is 20.3. The summed E-state index contributed by atoms with van der Waals surface area (Å²) in [5, 5.41) is 6.01. The van der Waals surface area contributed by atoms with Gasteiger partial charge in [0.25, 0.3) is 5.91 Å². The van der Waals surface area contributed by atoms with E-state index in [1.54, 1.807) is 11.3 Å². The van der Waals surface area contributed by atoms with E-state index < -0.39 is 0 Å². The number of para-hydroxylation sites is 3. The zero-order valence-electron chi connectivity index (χ0n) is 16.4. The number of amides is 1. The van der Waals surface area contributed by atoms with Crippen molar-refractivity contribution in [2.75, 3.05) is 36.5 Å². The Balaban J connectivity index is 1.53. The molecule has 0 bridgehead atoms. The summed E-state index contributed by atoms with van der Waals surface area (Å²) < 4.78 is 5.47. The Kier molecular flexibility index (Phi) is 5.17. The molecule has 5 nitrogen and oxygen atoms in total. The summed E-state index contributed by atoms with van der Waals surface area (Å²) in [5.74, 6) is -0.132. The molecule has 150 valence electrons. The minimum Gasteiger partial charge on any atom is -0.378 e. The van der Waals surface area contributed by atoms with Crippen molar-refractivity contribution in [3.8, 4) is 10.6 Å². The van der Waals surface area contributed by atoms with E-state index in [0.717, 1.165) is 45.9 Å². The average Bonchev–Trinajstić information content (AvgIpc) is 3.34. The molecule has 3 heterocycles. The van der Waals surface area contributed by atoms with Crippen LogP contribution in [0.25, 0.3) is 21.5 Å². The minimum absolute atomic E-state index is 0.132. The number of rotatable bonds is 4. The van der Waals surface area contributed by atoms with Crippen LogP contribution in [0.5, 0.6) is 0 Å². The number of morpholine rings is 1. The van der Waals surface area contributed by atoms with Crippen molar-refractivity contribution in [1.82, 2.24) is 4.98 Å². The Labute approximate surface area is 178 Å². The van der Waals surface area contributed by atoms with Crippen molar-refractivity contribution < 1.29 is 9.53 Å². The molecule has 1 aliphatic heterocycles. The number of benzene rings is 2. The third-order valence-corrected chi connectivity index (χ3v) is 6.13. The normalized spacial score (nSPS) is 14.1. The fourth-order valence-electron chi connectivity index (χ4n) is 3.76. The third-order valence-electron chi connectivity index (χ3n) is 5.24. The third kappa shape index (κ3) is 3.67. The van der Waals surface area contributed by atoms with Crippen LogP contribution in [0, 0.1) is 0 Å². The predicted octanol–water partition coefficient (Wildman–Crippen LogP) is 5.05. The summed E-state index contributed by atoms with van der Waals surface area (Å²) in [4.78, 5) is 21.5. The van der Waals surface area contributed by atoms with E-state index in [2.05, 4.69) is 10.2 Å². The minimum atomic E-state index is -0.132. The van der Waals surface area contributed by atoms with Gasteiger partial charge in [0.1, 0.15) is 0 Å². The van der Waals surface area contributed by atoms with Crippen molar-refractivity contribution >= 4 is 39.5 Å². The number of fused-ring (bicyclic) bond motifs is 1. The summed E-state index contributed by atoms with van der Waals surface area (Å²) in [6.07, 6.45) is 0. The van der Waals surface area contributed by atoms with Crippen molar-refractivity contribution in [1.29, 1.82) is 0 Å². The number of hydrogen-bond donors (Lipinski definition) is 1. The number of pyridine rings is 1. The summed E-state index contributed by atoms with van der Waals surface area (Å²) in [6, 6.07) is 21.6. The van der Waals surface area contributed by atoms with E-state index in [1.165, 1.54) is 0 Å². The molecule has 1 N–H and O–H groups in total. The molecule has 1 saturated heterocycles. The maximum absolute atomic E-state index is 13.4. The molecular formula is C24H21N3O2S. The van der Waals surface area contributed by atoms with Crippen LogP contribution in [-0.2, 0) is 4.74 Å². The fourth-order valence-corrected chi connectivity index (χ4v) is 4.45. The van der Waals surface area contributed by atoms with Gasteiger partial charge in [-0.1, -0.05) is 36.4 Å². The number of hydrogen-bond acceptors (Lipinski definition) is 5. The second-order valence-corrected chi connectivity index (χ2v) is 8.07. The molecule has 1 aliphatic rings. The first-order valence-electron chi connectivity index (χ1n) is 9.96. The van der Waals surface area contributed by atoms with Crippen molar-refractivity contribution in [2.45, 2.75) is 0 Å². The molecule has 4 aromatic rings. The number of aromatic nitrogens is 1. The van der Waals surface area contributed by atoms with Gasteiger partial charge in [0.15, 0.2) is 0 Å². The van der Waals surface area contributed by atoms with Crippen LogP contribution in [0.15, 0.2) is 72.1 Å². The molecule has 5 rings (SSSR count). The van der Waals surface area contributed by atoms with Gasteiger partial charge in [0.2, 0.25) is 0 Å². The lowest BCUT2D eigenvalue weighted by Crippen LogP contribution is -2.36. The molecule has 0 saturated carbocycles. The molecular weight excluding hydrogens is 394 g/mol. The van der Waals surface area contributed by atoms with E-state index in [0.29, 0.717) is 18.8 Å². The maximum atomic E-state index is 13.4. The summed E-state index contributed by atoms with van der Waals surface area (Å²) in [7, 11) is 0. The quantitative estimate of drug-likeness (QED) is 0.507. The van der Waals surface area contributed by atoms with Crippen LogP contribution in [0.4, 0.5) is 11.4 Å². The fraction of sp³-hybridized carbons (Fsp3) is 0.167. The van der Waals surface area contributed by atoms with E-state index in [4.69, 9.17) is 9.72 Å². The highest BCUT2D eigenvalue weighted by atomic mass is 32.1. The Bertz CT molecular complexity index is 1180. The lowest BCUT2D eigenvalue weighted by atomic mass is 10.1. The average molecular weight is 416 g/mol. The Hall–Kier alpha value is -3.22. The predicted molar refractivity (Wildman–Crippen MR) is 122 cm³/mol.